The maximum absolute atomic E-state index is 10.9. The minimum Gasteiger partial charge on any atom is -0.507 e. The summed E-state index contributed by atoms with van der Waals surface area (Å²) in [5, 5.41) is 13.6. The average molecular weight is 427 g/mol. The van der Waals surface area contributed by atoms with Crippen LogP contribution < -0.4 is 5.32 Å². The first kappa shape index (κ1) is 26.4. The minimum atomic E-state index is -0.444. The number of hydrogen-bond acceptors (Lipinski definition) is 5. The van der Waals surface area contributed by atoms with Crippen LogP contribution in [0.15, 0.2) is 60.9 Å². The van der Waals surface area contributed by atoms with Crippen molar-refractivity contribution >= 4 is 11.9 Å². The van der Waals surface area contributed by atoms with Crippen LogP contribution in [0.1, 0.15) is 50.0 Å². The van der Waals surface area contributed by atoms with E-state index in [-0.39, 0.29) is 5.75 Å². The summed E-state index contributed by atoms with van der Waals surface area (Å²) in [7, 11) is 2.11. The third kappa shape index (κ3) is 6.94. The van der Waals surface area contributed by atoms with Crippen molar-refractivity contribution in [1.29, 1.82) is 0 Å². The van der Waals surface area contributed by atoms with Crippen LogP contribution in [0.25, 0.3) is 5.57 Å². The summed E-state index contributed by atoms with van der Waals surface area (Å²) in [6, 6.07) is 4.90. The Balaban J connectivity index is 0.000000521. The van der Waals surface area contributed by atoms with Gasteiger partial charge in [-0.2, -0.15) is 0 Å². The van der Waals surface area contributed by atoms with Crippen molar-refractivity contribution in [1.82, 2.24) is 10.2 Å². The fourth-order valence-electron chi connectivity index (χ4n) is 3.32. The van der Waals surface area contributed by atoms with Crippen molar-refractivity contribution in [3.8, 4) is 5.75 Å². The van der Waals surface area contributed by atoms with Crippen LogP contribution in [0.3, 0.4) is 0 Å². The molecule has 1 fully saturated rings. The molecule has 31 heavy (non-hydrogen) atoms. The average Bonchev–Trinajstić information content (AvgIpc) is 3.24. The van der Waals surface area contributed by atoms with Gasteiger partial charge in [0.15, 0.2) is 0 Å². The molecule has 2 aliphatic heterocycles. The lowest BCUT2D eigenvalue weighted by atomic mass is 9.86. The molecule has 5 heteroatoms. The van der Waals surface area contributed by atoms with Gasteiger partial charge in [-0.25, -0.2) is 0 Å². The van der Waals surface area contributed by atoms with E-state index in [0.29, 0.717) is 29.7 Å². The summed E-state index contributed by atoms with van der Waals surface area (Å²) < 4.78 is 6.05. The smallest absolute Gasteiger partial charge is 0.150 e. The van der Waals surface area contributed by atoms with Gasteiger partial charge in [-0.15, -0.1) is 0 Å². The summed E-state index contributed by atoms with van der Waals surface area (Å²) in [6.07, 6.45) is 7.07. The van der Waals surface area contributed by atoms with Gasteiger partial charge in [-0.3, -0.25) is 4.79 Å². The maximum atomic E-state index is 10.9. The van der Waals surface area contributed by atoms with Gasteiger partial charge in [-0.05, 0) is 50.5 Å². The highest BCUT2D eigenvalue weighted by atomic mass is 16.5. The Kier molecular flexibility index (Phi) is 11.0. The Morgan fingerprint density at radius 1 is 1.29 bits per heavy atom. The lowest BCUT2D eigenvalue weighted by Gasteiger charge is -2.35. The zero-order valence-corrected chi connectivity index (χ0v) is 19.7. The fourth-order valence-corrected chi connectivity index (χ4v) is 3.32. The number of carbonyl (C=O) groups excluding carboxylic acids is 1. The standard InChI is InChI=1S/C19H19NO3.C5H13N.C2H6/c1-3-4-15-13(2)23-19(7-8-20-12-19)10-17(15)16-6-5-14(11-21)9-18(16)22;1-4-6(3)5-2;1-2/h3-6,9-11,20,22H,1-2,7-8,12H2;4-5H2,1-3H3;1-2H3/b15-4+;;. The molecule has 0 bridgehead atoms. The third-order valence-corrected chi connectivity index (χ3v) is 5.29. The van der Waals surface area contributed by atoms with Crippen molar-refractivity contribution in [3.63, 3.8) is 0 Å². The molecule has 1 aromatic carbocycles. The van der Waals surface area contributed by atoms with Crippen LogP contribution in [0.5, 0.6) is 5.75 Å². The van der Waals surface area contributed by atoms with Crippen molar-refractivity contribution in [3.05, 3.63) is 72.0 Å². The number of aromatic hydroxyl groups is 1. The van der Waals surface area contributed by atoms with E-state index in [4.69, 9.17) is 4.74 Å². The van der Waals surface area contributed by atoms with Crippen LogP contribution in [0.2, 0.25) is 0 Å². The predicted molar refractivity (Wildman–Crippen MR) is 130 cm³/mol. The number of nitrogens with zero attached hydrogens (tertiary/aromatic N) is 1. The van der Waals surface area contributed by atoms with E-state index in [2.05, 4.69) is 44.3 Å². The highest BCUT2D eigenvalue weighted by molar-refractivity contribution is 5.89. The number of benzene rings is 1. The molecule has 0 aromatic heterocycles. The molecule has 170 valence electrons. The Labute approximate surface area is 187 Å². The second-order valence-electron chi connectivity index (χ2n) is 7.27. The number of hydrogen-bond donors (Lipinski definition) is 2. The van der Waals surface area contributed by atoms with Crippen molar-refractivity contribution in [2.24, 2.45) is 0 Å². The molecular weight excluding hydrogens is 388 g/mol. The van der Waals surface area contributed by atoms with Crippen LogP contribution >= 0.6 is 0 Å². The van der Waals surface area contributed by atoms with Gasteiger partial charge < -0.3 is 20.1 Å². The van der Waals surface area contributed by atoms with Gasteiger partial charge in [0, 0.05) is 29.7 Å². The second-order valence-corrected chi connectivity index (χ2v) is 7.27. The highest BCUT2D eigenvalue weighted by Crippen LogP contribution is 2.43. The van der Waals surface area contributed by atoms with Crippen molar-refractivity contribution in [2.45, 2.75) is 39.7 Å². The van der Waals surface area contributed by atoms with Gasteiger partial charge >= 0.3 is 0 Å². The number of phenols is 1. The van der Waals surface area contributed by atoms with Crippen molar-refractivity contribution < 1.29 is 14.6 Å². The quantitative estimate of drug-likeness (QED) is 0.652. The van der Waals surface area contributed by atoms with Crippen molar-refractivity contribution in [2.75, 3.05) is 33.2 Å². The molecule has 0 amide bonds. The predicted octanol–water partition coefficient (Wildman–Crippen LogP) is 4.96. The first-order valence-electron chi connectivity index (χ1n) is 11.0. The summed E-state index contributed by atoms with van der Waals surface area (Å²) in [6.45, 7) is 20.0. The summed E-state index contributed by atoms with van der Waals surface area (Å²) in [4.78, 5) is 13.1. The van der Waals surface area contributed by atoms with Crippen LogP contribution in [-0.4, -0.2) is 55.1 Å². The van der Waals surface area contributed by atoms with E-state index in [9.17, 15) is 9.90 Å². The number of aldehydes is 1. The number of allylic oxidation sites excluding steroid dienone is 3. The minimum absolute atomic E-state index is 0.0617. The van der Waals surface area contributed by atoms with E-state index >= 15 is 0 Å². The molecule has 0 saturated carbocycles. The molecule has 1 atom stereocenters. The molecule has 3 rings (SSSR count). The molecule has 1 aromatic rings. The third-order valence-electron chi connectivity index (χ3n) is 5.29. The zero-order valence-electron chi connectivity index (χ0n) is 19.7. The number of nitrogens with one attached hydrogen (secondary N) is 1. The van der Waals surface area contributed by atoms with Gasteiger partial charge in [0.2, 0.25) is 0 Å². The van der Waals surface area contributed by atoms with E-state index in [0.717, 1.165) is 37.2 Å². The topological polar surface area (TPSA) is 61.8 Å². The van der Waals surface area contributed by atoms with E-state index < -0.39 is 5.60 Å². The molecule has 0 radical (unpaired) electrons. The largest absolute Gasteiger partial charge is 0.507 e. The summed E-state index contributed by atoms with van der Waals surface area (Å²) >= 11 is 0. The Morgan fingerprint density at radius 3 is 2.42 bits per heavy atom. The lowest BCUT2D eigenvalue weighted by molar-refractivity contribution is 0.0657. The molecule has 2 heterocycles. The molecule has 1 spiro atoms. The second kappa shape index (κ2) is 12.9. The first-order chi connectivity index (χ1) is 14.9. The number of carbonyl (C=O) groups is 1. The molecular formula is C26H38N2O3. The Morgan fingerprint density at radius 2 is 1.97 bits per heavy atom. The number of ether oxygens (including phenoxy) is 1. The Bertz CT molecular complexity index is 814. The summed E-state index contributed by atoms with van der Waals surface area (Å²) in [5.74, 6) is 0.622. The van der Waals surface area contributed by atoms with Gasteiger partial charge in [0.1, 0.15) is 23.4 Å². The molecule has 1 saturated heterocycles. The van der Waals surface area contributed by atoms with Crippen LogP contribution in [0.4, 0.5) is 0 Å². The van der Waals surface area contributed by atoms with Crippen LogP contribution in [-0.2, 0) is 4.74 Å². The van der Waals surface area contributed by atoms with Gasteiger partial charge in [-0.1, -0.05) is 59.1 Å². The first-order valence-corrected chi connectivity index (χ1v) is 11.0. The van der Waals surface area contributed by atoms with Gasteiger partial charge in [0.05, 0.1) is 0 Å². The summed E-state index contributed by atoms with van der Waals surface area (Å²) in [5.41, 5.74) is 2.27. The maximum Gasteiger partial charge on any atom is 0.150 e. The lowest BCUT2D eigenvalue weighted by Crippen LogP contribution is -2.35. The molecule has 1 unspecified atom stereocenters. The number of rotatable bonds is 5. The van der Waals surface area contributed by atoms with Crippen LogP contribution in [0, 0.1) is 0 Å². The molecule has 2 aliphatic rings. The molecule has 5 nitrogen and oxygen atoms in total. The monoisotopic (exact) mass is 426 g/mol. The van der Waals surface area contributed by atoms with E-state index in [1.807, 2.05) is 26.0 Å². The van der Waals surface area contributed by atoms with E-state index in [1.165, 1.54) is 6.07 Å². The molecule has 2 N–H and O–H groups in total. The molecule has 0 aliphatic carbocycles. The zero-order chi connectivity index (χ0) is 23.4. The number of phenolic OH excluding ortho intramolecular Hbond substituents is 1. The fraction of sp³-hybridized carbons (Fsp3) is 0.423. The highest BCUT2D eigenvalue weighted by Gasteiger charge is 2.39. The van der Waals surface area contributed by atoms with E-state index in [1.54, 1.807) is 18.2 Å². The van der Waals surface area contributed by atoms with Gasteiger partial charge in [0.25, 0.3) is 0 Å². The SMILES string of the molecule is C=C/C=C1\C(=C)OC2(C=C1c1ccc(C=O)cc1O)CCNC2.CC.CCN(C)CC. The normalized spacial score (nSPS) is 20.9. The Hall–Kier alpha value is -2.63.